The molecule has 0 aromatic rings. The summed E-state index contributed by atoms with van der Waals surface area (Å²) in [6.07, 6.45) is 0.979. The van der Waals surface area contributed by atoms with Gasteiger partial charge in [-0.1, -0.05) is 6.92 Å². The van der Waals surface area contributed by atoms with Gasteiger partial charge in [-0.2, -0.15) is 12.7 Å². The van der Waals surface area contributed by atoms with Crippen molar-refractivity contribution in [1.82, 2.24) is 9.03 Å². The fourth-order valence-electron chi connectivity index (χ4n) is 1.90. The monoisotopic (exact) mass is 308 g/mol. The summed E-state index contributed by atoms with van der Waals surface area (Å²) in [4.78, 5) is 22.4. The molecule has 0 radical (unpaired) electrons. The largest absolute Gasteiger partial charge is 0.481 e. The number of nitrogens with zero attached hydrogens (tertiary/aromatic N) is 1. The summed E-state index contributed by atoms with van der Waals surface area (Å²) in [6, 6.07) is -0.826. The van der Waals surface area contributed by atoms with Crippen molar-refractivity contribution in [3.05, 3.63) is 0 Å². The third kappa shape index (κ3) is 4.15. The number of aliphatic carboxylic acids is 1. The van der Waals surface area contributed by atoms with E-state index in [1.807, 2.05) is 0 Å². The molecule has 0 aromatic heterocycles. The van der Waals surface area contributed by atoms with Gasteiger partial charge in [-0.3, -0.25) is 9.59 Å². The Balaban J connectivity index is 2.70. The molecule has 0 amide bonds. The van der Waals surface area contributed by atoms with Crippen LogP contribution in [0.15, 0.2) is 0 Å². The Morgan fingerprint density at radius 2 is 2.15 bits per heavy atom. The third-order valence-electron chi connectivity index (χ3n) is 3.06. The van der Waals surface area contributed by atoms with Crippen molar-refractivity contribution < 1.29 is 27.9 Å². The highest BCUT2D eigenvalue weighted by Gasteiger charge is 2.39. The predicted molar refractivity (Wildman–Crippen MR) is 70.1 cm³/mol. The van der Waals surface area contributed by atoms with Gasteiger partial charge in [0.1, 0.15) is 6.04 Å². The number of carbonyl (C=O) groups is 2. The number of nitrogens with one attached hydrogen (secondary N) is 1. The van der Waals surface area contributed by atoms with Gasteiger partial charge in [0.05, 0.1) is 12.5 Å². The van der Waals surface area contributed by atoms with Crippen molar-refractivity contribution in [2.75, 3.05) is 19.7 Å². The van der Waals surface area contributed by atoms with Gasteiger partial charge in [-0.05, 0) is 19.8 Å². The molecule has 1 rings (SSSR count). The molecule has 1 aliphatic rings. The zero-order valence-corrected chi connectivity index (χ0v) is 12.4. The summed E-state index contributed by atoms with van der Waals surface area (Å²) >= 11 is 0. The van der Waals surface area contributed by atoms with E-state index in [2.05, 4.69) is 4.72 Å². The molecule has 0 aliphatic carbocycles. The summed E-state index contributed by atoms with van der Waals surface area (Å²) in [5.41, 5.74) is 0. The van der Waals surface area contributed by atoms with E-state index in [0.29, 0.717) is 12.8 Å². The fraction of sp³-hybridized carbons (Fsp3) is 0.818. The predicted octanol–water partition coefficient (Wildman–Crippen LogP) is -0.431. The highest BCUT2D eigenvalue weighted by molar-refractivity contribution is 7.87. The first-order valence-corrected chi connectivity index (χ1v) is 7.89. The van der Waals surface area contributed by atoms with Gasteiger partial charge in [-0.25, -0.2) is 4.72 Å². The van der Waals surface area contributed by atoms with Crippen molar-refractivity contribution in [3.8, 4) is 0 Å². The number of carboxylic acid groups (broad SMARTS) is 1. The third-order valence-corrected chi connectivity index (χ3v) is 4.65. The standard InChI is InChI=1S/C11H20N2O6S/c1-3-19-11(16)9-5-4-6-13(9)20(17,18)12-7-8(2)10(14)15/h8-9,12H,3-7H2,1-2H3,(H,14,15). The van der Waals surface area contributed by atoms with Crippen LogP contribution >= 0.6 is 0 Å². The van der Waals surface area contributed by atoms with Crippen LogP contribution in [0.3, 0.4) is 0 Å². The number of hydrogen-bond donors (Lipinski definition) is 2. The van der Waals surface area contributed by atoms with Gasteiger partial charge >= 0.3 is 11.9 Å². The maximum atomic E-state index is 12.1. The molecule has 1 aliphatic heterocycles. The van der Waals surface area contributed by atoms with E-state index in [0.717, 1.165) is 4.31 Å². The molecule has 1 heterocycles. The summed E-state index contributed by atoms with van der Waals surface area (Å²) in [5.74, 6) is -2.49. The molecule has 0 aromatic carbocycles. The molecule has 2 unspecified atom stereocenters. The molecular weight excluding hydrogens is 288 g/mol. The second-order valence-electron chi connectivity index (χ2n) is 4.61. The van der Waals surface area contributed by atoms with Crippen molar-refractivity contribution in [3.63, 3.8) is 0 Å². The Kier molecular flexibility index (Phi) is 5.90. The molecule has 9 heteroatoms. The molecule has 1 fully saturated rings. The number of carboxylic acids is 1. The maximum Gasteiger partial charge on any atom is 0.324 e. The molecule has 20 heavy (non-hydrogen) atoms. The number of rotatable bonds is 7. The Morgan fingerprint density at radius 1 is 1.50 bits per heavy atom. The van der Waals surface area contributed by atoms with E-state index in [1.54, 1.807) is 6.92 Å². The summed E-state index contributed by atoms with van der Waals surface area (Å²) in [7, 11) is -3.88. The highest BCUT2D eigenvalue weighted by Crippen LogP contribution is 2.21. The quantitative estimate of drug-likeness (QED) is 0.617. The molecule has 0 saturated carbocycles. The smallest absolute Gasteiger partial charge is 0.324 e. The van der Waals surface area contributed by atoms with Crippen LogP contribution in [-0.4, -0.2) is 55.5 Å². The van der Waals surface area contributed by atoms with E-state index in [-0.39, 0.29) is 19.7 Å². The second-order valence-corrected chi connectivity index (χ2v) is 6.32. The molecule has 0 bridgehead atoms. The first-order chi connectivity index (χ1) is 9.29. The normalized spacial score (nSPS) is 21.6. The summed E-state index contributed by atoms with van der Waals surface area (Å²) in [6.45, 7) is 3.24. The van der Waals surface area contributed by atoms with Gasteiger partial charge in [0, 0.05) is 13.1 Å². The second kappa shape index (κ2) is 7.00. The zero-order valence-electron chi connectivity index (χ0n) is 11.5. The van der Waals surface area contributed by atoms with Gasteiger partial charge < -0.3 is 9.84 Å². The number of esters is 1. The molecule has 0 spiro atoms. The Hall–Kier alpha value is -1.19. The molecular formula is C11H20N2O6S. The fourth-order valence-corrected chi connectivity index (χ4v) is 3.42. The Bertz CT molecular complexity index is 464. The number of carbonyl (C=O) groups excluding carboxylic acids is 1. The molecule has 1 saturated heterocycles. The van der Waals surface area contributed by atoms with Gasteiger partial charge in [0.25, 0.3) is 10.2 Å². The van der Waals surface area contributed by atoms with Crippen LogP contribution in [0.25, 0.3) is 0 Å². The van der Waals surface area contributed by atoms with E-state index in [1.165, 1.54) is 6.92 Å². The van der Waals surface area contributed by atoms with Crippen molar-refractivity contribution in [1.29, 1.82) is 0 Å². The summed E-state index contributed by atoms with van der Waals surface area (Å²) < 4.78 is 32.3. The lowest BCUT2D eigenvalue weighted by Gasteiger charge is -2.23. The molecule has 2 N–H and O–H groups in total. The average molecular weight is 308 g/mol. The highest BCUT2D eigenvalue weighted by atomic mass is 32.2. The first kappa shape index (κ1) is 16.9. The lowest BCUT2D eigenvalue weighted by Crippen LogP contribution is -2.48. The van der Waals surface area contributed by atoms with E-state index < -0.39 is 34.1 Å². The van der Waals surface area contributed by atoms with Crippen LogP contribution in [0.1, 0.15) is 26.7 Å². The van der Waals surface area contributed by atoms with Crippen LogP contribution in [0.4, 0.5) is 0 Å². The summed E-state index contributed by atoms with van der Waals surface area (Å²) in [5, 5.41) is 8.73. The minimum Gasteiger partial charge on any atom is -0.481 e. The van der Waals surface area contributed by atoms with Crippen LogP contribution in [0.5, 0.6) is 0 Å². The number of hydrogen-bond acceptors (Lipinski definition) is 5. The van der Waals surface area contributed by atoms with Crippen molar-refractivity contribution in [2.24, 2.45) is 5.92 Å². The van der Waals surface area contributed by atoms with Gasteiger partial charge in [0.2, 0.25) is 0 Å². The van der Waals surface area contributed by atoms with Crippen LogP contribution in [0.2, 0.25) is 0 Å². The van der Waals surface area contributed by atoms with E-state index >= 15 is 0 Å². The first-order valence-electron chi connectivity index (χ1n) is 6.45. The van der Waals surface area contributed by atoms with Crippen LogP contribution in [0, 0.1) is 5.92 Å². The van der Waals surface area contributed by atoms with Gasteiger partial charge in [0.15, 0.2) is 0 Å². The molecule has 8 nitrogen and oxygen atoms in total. The minimum absolute atomic E-state index is 0.187. The lowest BCUT2D eigenvalue weighted by molar-refractivity contribution is -0.147. The molecule has 116 valence electrons. The van der Waals surface area contributed by atoms with E-state index in [4.69, 9.17) is 9.84 Å². The number of ether oxygens (including phenoxy) is 1. The van der Waals surface area contributed by atoms with Gasteiger partial charge in [-0.15, -0.1) is 0 Å². The van der Waals surface area contributed by atoms with Crippen molar-refractivity contribution in [2.45, 2.75) is 32.7 Å². The average Bonchev–Trinajstić information content (AvgIpc) is 2.86. The Labute approximate surface area is 118 Å². The Morgan fingerprint density at radius 3 is 2.70 bits per heavy atom. The molecule has 2 atom stereocenters. The lowest BCUT2D eigenvalue weighted by atomic mass is 10.2. The topological polar surface area (TPSA) is 113 Å². The SMILES string of the molecule is CCOC(=O)C1CCCN1S(=O)(=O)NCC(C)C(=O)O. The van der Waals surface area contributed by atoms with Crippen molar-refractivity contribution >= 4 is 22.1 Å². The van der Waals surface area contributed by atoms with Crippen LogP contribution < -0.4 is 4.72 Å². The van der Waals surface area contributed by atoms with Crippen LogP contribution in [-0.2, 0) is 24.5 Å². The van der Waals surface area contributed by atoms with E-state index in [9.17, 15) is 18.0 Å². The zero-order chi connectivity index (χ0) is 15.3. The maximum absolute atomic E-state index is 12.1. The minimum atomic E-state index is -3.88.